The van der Waals surface area contributed by atoms with Gasteiger partial charge in [0.15, 0.2) is 0 Å². The van der Waals surface area contributed by atoms with Crippen LogP contribution in [0.2, 0.25) is 0 Å². The fourth-order valence-corrected chi connectivity index (χ4v) is 5.96. The van der Waals surface area contributed by atoms with Crippen molar-refractivity contribution in [3.8, 4) is 0 Å². The smallest absolute Gasteiger partial charge is 0.312 e. The average molecular weight is 502 g/mol. The maximum Gasteiger partial charge on any atom is 0.312 e. The van der Waals surface area contributed by atoms with Crippen molar-refractivity contribution in [2.45, 2.75) is 37.0 Å². The van der Waals surface area contributed by atoms with Crippen molar-refractivity contribution in [3.05, 3.63) is 113 Å². The maximum atomic E-state index is 13.3. The van der Waals surface area contributed by atoms with Crippen LogP contribution in [0.1, 0.15) is 47.4 Å². The SMILES string of the molecule is Cc1ccc(S(=O)(=O)N[C@@H]2c3cccc4cccc(c34)[C@@H]2OC(=O)[C@H](C)[C@H](O)c2ccccc2)cc1. The summed E-state index contributed by atoms with van der Waals surface area (Å²) in [6.45, 7) is 3.49. The molecule has 0 radical (unpaired) electrons. The molecule has 4 aromatic carbocycles. The molecule has 0 bridgehead atoms. The normalized spacial score (nSPS) is 18.6. The standard InChI is InChI=1S/C29H27NO5S/c1-18-14-16-22(17-15-18)36(33,34)30-26-23-12-6-10-20-11-7-13-24(25(20)23)28(26)35-29(32)19(2)27(31)21-8-4-3-5-9-21/h3-17,19,26-28,30-31H,1-2H3/t19-,26-,27+,28+/m1/s1. The van der Waals surface area contributed by atoms with Gasteiger partial charge in [0.05, 0.1) is 23.0 Å². The second-order valence-corrected chi connectivity index (χ2v) is 10.9. The second kappa shape index (κ2) is 9.50. The third-order valence-corrected chi connectivity index (χ3v) is 8.21. The molecule has 4 atom stereocenters. The molecule has 7 heteroatoms. The Hall–Kier alpha value is -3.52. The van der Waals surface area contributed by atoms with Gasteiger partial charge < -0.3 is 9.84 Å². The highest BCUT2D eigenvalue weighted by Gasteiger charge is 2.41. The molecular weight excluding hydrogens is 474 g/mol. The fraction of sp³-hybridized carbons (Fsp3) is 0.207. The Morgan fingerprint density at radius 1 is 0.889 bits per heavy atom. The molecule has 0 fully saturated rings. The van der Waals surface area contributed by atoms with Crippen molar-refractivity contribution in [2.24, 2.45) is 5.92 Å². The quantitative estimate of drug-likeness (QED) is 0.342. The minimum absolute atomic E-state index is 0.133. The number of aliphatic hydroxyl groups is 1. The zero-order valence-corrected chi connectivity index (χ0v) is 20.8. The van der Waals surface area contributed by atoms with Crippen LogP contribution in [0.3, 0.4) is 0 Å². The summed E-state index contributed by atoms with van der Waals surface area (Å²) in [4.78, 5) is 13.4. The summed E-state index contributed by atoms with van der Waals surface area (Å²) in [5.74, 6) is -1.47. The van der Waals surface area contributed by atoms with Crippen molar-refractivity contribution in [2.75, 3.05) is 0 Å². The van der Waals surface area contributed by atoms with Crippen molar-refractivity contribution in [1.29, 1.82) is 0 Å². The number of aryl methyl sites for hydroxylation is 1. The Labute approximate surface area is 210 Å². The molecule has 0 saturated heterocycles. The van der Waals surface area contributed by atoms with Crippen molar-refractivity contribution >= 4 is 26.8 Å². The van der Waals surface area contributed by atoms with E-state index in [1.54, 1.807) is 55.5 Å². The van der Waals surface area contributed by atoms with E-state index in [4.69, 9.17) is 4.74 Å². The molecule has 2 N–H and O–H groups in total. The van der Waals surface area contributed by atoms with Gasteiger partial charge in [-0.05, 0) is 47.9 Å². The lowest BCUT2D eigenvalue weighted by atomic mass is 9.97. The molecule has 1 aliphatic carbocycles. The lowest BCUT2D eigenvalue weighted by Crippen LogP contribution is -2.33. The van der Waals surface area contributed by atoms with Gasteiger partial charge in [-0.2, -0.15) is 4.72 Å². The highest BCUT2D eigenvalue weighted by Crippen LogP contribution is 2.47. The van der Waals surface area contributed by atoms with Gasteiger partial charge in [0.25, 0.3) is 0 Å². The van der Waals surface area contributed by atoms with Crippen molar-refractivity contribution in [3.63, 3.8) is 0 Å². The molecule has 0 saturated carbocycles. The highest BCUT2D eigenvalue weighted by molar-refractivity contribution is 7.89. The summed E-state index contributed by atoms with van der Waals surface area (Å²) in [5, 5.41) is 12.6. The van der Waals surface area contributed by atoms with Crippen LogP contribution >= 0.6 is 0 Å². The number of hydrogen-bond donors (Lipinski definition) is 2. The van der Waals surface area contributed by atoms with Crippen molar-refractivity contribution < 1.29 is 23.1 Å². The lowest BCUT2D eigenvalue weighted by molar-refractivity contribution is -0.159. The van der Waals surface area contributed by atoms with E-state index in [1.807, 2.05) is 49.4 Å². The molecule has 0 heterocycles. The van der Waals surface area contributed by atoms with Crippen LogP contribution in [0.5, 0.6) is 0 Å². The molecule has 0 amide bonds. The van der Waals surface area contributed by atoms with E-state index >= 15 is 0 Å². The van der Waals surface area contributed by atoms with E-state index in [0.717, 1.165) is 27.5 Å². The molecule has 0 aliphatic heterocycles. The zero-order valence-electron chi connectivity index (χ0n) is 20.0. The largest absolute Gasteiger partial charge is 0.455 e. The molecule has 1 aliphatic rings. The fourth-order valence-electron chi connectivity index (χ4n) is 4.75. The Bertz CT molecular complexity index is 1510. The number of esters is 1. The summed E-state index contributed by atoms with van der Waals surface area (Å²) < 4.78 is 35.4. The number of ether oxygens (including phenoxy) is 1. The zero-order chi connectivity index (χ0) is 25.4. The first kappa shape index (κ1) is 24.2. The summed E-state index contributed by atoms with van der Waals surface area (Å²) in [6.07, 6.45) is -1.94. The molecule has 36 heavy (non-hydrogen) atoms. The van der Waals surface area contributed by atoms with Crippen molar-refractivity contribution in [1.82, 2.24) is 4.72 Å². The molecule has 0 unspecified atom stereocenters. The molecule has 5 rings (SSSR count). The first-order valence-corrected chi connectivity index (χ1v) is 13.3. The van der Waals surface area contributed by atoms with Crippen LogP contribution < -0.4 is 4.72 Å². The van der Waals surface area contributed by atoms with E-state index in [1.165, 1.54) is 0 Å². The second-order valence-electron chi connectivity index (χ2n) is 9.21. The number of carbonyl (C=O) groups excluding carboxylic acids is 1. The molecule has 0 aromatic heterocycles. The van der Waals surface area contributed by atoms with E-state index in [2.05, 4.69) is 4.72 Å². The summed E-state index contributed by atoms with van der Waals surface area (Å²) in [7, 11) is -3.91. The minimum Gasteiger partial charge on any atom is -0.455 e. The van der Waals surface area contributed by atoms with Gasteiger partial charge in [-0.3, -0.25) is 4.79 Å². The number of hydrogen-bond acceptors (Lipinski definition) is 5. The number of aliphatic hydroxyl groups excluding tert-OH is 1. The third-order valence-electron chi connectivity index (χ3n) is 6.76. The number of nitrogens with one attached hydrogen (secondary N) is 1. The van der Waals surface area contributed by atoms with Crippen LogP contribution in [-0.4, -0.2) is 19.5 Å². The van der Waals surface area contributed by atoms with Gasteiger partial charge in [0, 0.05) is 5.56 Å². The number of rotatable bonds is 7. The van der Waals surface area contributed by atoms with Gasteiger partial charge in [-0.25, -0.2) is 8.42 Å². The summed E-state index contributed by atoms with van der Waals surface area (Å²) in [6, 6.07) is 26.0. The lowest BCUT2D eigenvalue weighted by Gasteiger charge is -2.26. The Kier molecular flexibility index (Phi) is 6.38. The number of carbonyl (C=O) groups is 1. The van der Waals surface area contributed by atoms with Gasteiger partial charge in [0.2, 0.25) is 10.0 Å². The van der Waals surface area contributed by atoms with E-state index in [0.29, 0.717) is 5.56 Å². The third kappa shape index (κ3) is 4.41. The van der Waals surface area contributed by atoms with Crippen LogP contribution in [0.4, 0.5) is 0 Å². The first-order valence-electron chi connectivity index (χ1n) is 11.8. The van der Waals surface area contributed by atoms with Gasteiger partial charge in [-0.1, -0.05) is 84.4 Å². The van der Waals surface area contributed by atoms with Gasteiger partial charge >= 0.3 is 5.97 Å². The highest BCUT2D eigenvalue weighted by atomic mass is 32.2. The topological polar surface area (TPSA) is 92.7 Å². The predicted octanol–water partition coefficient (Wildman–Crippen LogP) is 5.14. The average Bonchev–Trinajstić information content (AvgIpc) is 3.17. The Morgan fingerprint density at radius 2 is 1.53 bits per heavy atom. The molecule has 4 aromatic rings. The minimum atomic E-state index is -3.91. The number of sulfonamides is 1. The van der Waals surface area contributed by atoms with Gasteiger partial charge in [0.1, 0.15) is 6.10 Å². The Morgan fingerprint density at radius 3 is 2.19 bits per heavy atom. The summed E-state index contributed by atoms with van der Waals surface area (Å²) in [5.41, 5.74) is 3.03. The van der Waals surface area contributed by atoms with E-state index < -0.39 is 40.2 Å². The Balaban J connectivity index is 1.49. The molecular formula is C29H27NO5S. The molecule has 184 valence electrons. The van der Waals surface area contributed by atoms with E-state index in [-0.39, 0.29) is 4.90 Å². The van der Waals surface area contributed by atoms with Gasteiger partial charge in [-0.15, -0.1) is 0 Å². The van der Waals surface area contributed by atoms with Crippen LogP contribution in [0.15, 0.2) is 95.9 Å². The van der Waals surface area contributed by atoms with Crippen LogP contribution in [0, 0.1) is 12.8 Å². The monoisotopic (exact) mass is 501 g/mol. The number of benzene rings is 4. The van der Waals surface area contributed by atoms with Crippen LogP contribution in [-0.2, 0) is 19.6 Å². The molecule has 0 spiro atoms. The summed E-state index contributed by atoms with van der Waals surface area (Å²) >= 11 is 0. The predicted molar refractivity (Wildman–Crippen MR) is 138 cm³/mol. The maximum absolute atomic E-state index is 13.3. The first-order chi connectivity index (χ1) is 17.3. The molecule has 6 nitrogen and oxygen atoms in total. The van der Waals surface area contributed by atoms with Crippen LogP contribution in [0.25, 0.3) is 10.8 Å². The van der Waals surface area contributed by atoms with E-state index in [9.17, 15) is 18.3 Å².